The van der Waals surface area contributed by atoms with Crippen molar-refractivity contribution in [2.45, 2.75) is 26.1 Å². The molecule has 10 heteroatoms. The molecule has 2 aromatic carbocycles. The van der Waals surface area contributed by atoms with Gasteiger partial charge < -0.3 is 4.74 Å². The number of anilines is 1. The molecule has 0 saturated carbocycles. The summed E-state index contributed by atoms with van der Waals surface area (Å²) < 4.78 is 32.4. The van der Waals surface area contributed by atoms with Crippen LogP contribution in [0.15, 0.2) is 48.7 Å². The van der Waals surface area contributed by atoms with Crippen LogP contribution >= 0.6 is 11.6 Å². The van der Waals surface area contributed by atoms with Crippen LogP contribution in [0, 0.1) is 11.6 Å². The Labute approximate surface area is 188 Å². The number of hydrogen-bond acceptors (Lipinski definition) is 5. The lowest BCUT2D eigenvalue weighted by atomic mass is 10.2. The molecule has 0 aliphatic carbocycles. The molecule has 3 aromatic rings. The number of aromatic nitrogens is 1. The number of halogens is 3. The van der Waals surface area contributed by atoms with Crippen LogP contribution in [0.5, 0.6) is 0 Å². The molecule has 167 valence electrons. The highest BCUT2D eigenvalue weighted by Crippen LogP contribution is 2.20. The molecule has 3 rings (SSSR count). The maximum absolute atomic E-state index is 13.6. The second-order valence-electron chi connectivity index (χ2n) is 6.75. The Morgan fingerprint density at radius 1 is 1.19 bits per heavy atom. The van der Waals surface area contributed by atoms with Crippen LogP contribution < -0.4 is 16.0 Å². The lowest BCUT2D eigenvalue weighted by molar-refractivity contribution is -0.123. The van der Waals surface area contributed by atoms with E-state index in [1.54, 1.807) is 19.1 Å². The fraction of sp³-hybridized carbons (Fsp3) is 0.227. The smallest absolute Gasteiger partial charge is 0.414 e. The summed E-state index contributed by atoms with van der Waals surface area (Å²) in [7, 11) is 0. The number of nitrogens with zero attached hydrogens (tertiary/aromatic N) is 2. The molecule has 0 aliphatic rings. The van der Waals surface area contributed by atoms with Crippen LogP contribution in [-0.2, 0) is 16.1 Å². The van der Waals surface area contributed by atoms with E-state index in [1.165, 1.54) is 36.5 Å². The SMILES string of the molecule is CC[N]C(=O)CC(NCc1cccc(F)c1Cl)OC(=O)Nc1cc2cc(F)ccc2cn1. The largest absolute Gasteiger partial charge is 0.430 e. The van der Waals surface area contributed by atoms with Gasteiger partial charge in [0.25, 0.3) is 0 Å². The van der Waals surface area contributed by atoms with E-state index in [0.717, 1.165) is 0 Å². The van der Waals surface area contributed by atoms with Crippen molar-refractivity contribution in [2.24, 2.45) is 0 Å². The van der Waals surface area contributed by atoms with Gasteiger partial charge in [-0.2, -0.15) is 0 Å². The van der Waals surface area contributed by atoms with Crippen molar-refractivity contribution in [1.82, 2.24) is 15.6 Å². The predicted octanol–water partition coefficient (Wildman–Crippen LogP) is 4.37. The van der Waals surface area contributed by atoms with Crippen molar-refractivity contribution in [3.8, 4) is 0 Å². The highest BCUT2D eigenvalue weighted by molar-refractivity contribution is 6.31. The second-order valence-corrected chi connectivity index (χ2v) is 7.12. The van der Waals surface area contributed by atoms with Crippen molar-refractivity contribution in [3.05, 3.63) is 70.9 Å². The molecule has 0 saturated heterocycles. The molecule has 2 amide bonds. The third kappa shape index (κ3) is 6.35. The number of amides is 2. The topological polar surface area (TPSA) is 94.4 Å². The third-order valence-corrected chi connectivity index (χ3v) is 4.83. The lowest BCUT2D eigenvalue weighted by Gasteiger charge is -2.19. The molecule has 1 unspecified atom stereocenters. The molecular formula is C22H20ClF2N4O3. The number of nitrogens with one attached hydrogen (secondary N) is 2. The van der Waals surface area contributed by atoms with Crippen LogP contribution in [-0.4, -0.2) is 29.8 Å². The van der Waals surface area contributed by atoms with Crippen LogP contribution in [0.4, 0.5) is 19.4 Å². The summed E-state index contributed by atoms with van der Waals surface area (Å²) in [6.45, 7) is 2.03. The zero-order valence-electron chi connectivity index (χ0n) is 17.1. The van der Waals surface area contributed by atoms with E-state index in [9.17, 15) is 18.4 Å². The minimum atomic E-state index is -1.06. The highest BCUT2D eigenvalue weighted by Gasteiger charge is 2.20. The van der Waals surface area contributed by atoms with Gasteiger partial charge in [0, 0.05) is 24.7 Å². The van der Waals surface area contributed by atoms with Gasteiger partial charge in [-0.15, -0.1) is 0 Å². The summed E-state index contributed by atoms with van der Waals surface area (Å²) in [6, 6.07) is 10.0. The monoisotopic (exact) mass is 461 g/mol. The van der Waals surface area contributed by atoms with Crippen LogP contribution in [0.1, 0.15) is 18.9 Å². The quantitative estimate of drug-likeness (QED) is 0.486. The molecule has 0 bridgehead atoms. The van der Waals surface area contributed by atoms with Gasteiger partial charge in [0.05, 0.1) is 11.4 Å². The minimum absolute atomic E-state index is 0.0431. The van der Waals surface area contributed by atoms with Gasteiger partial charge in [-0.3, -0.25) is 20.7 Å². The van der Waals surface area contributed by atoms with E-state index >= 15 is 0 Å². The van der Waals surface area contributed by atoms with Crippen molar-refractivity contribution >= 4 is 40.2 Å². The number of fused-ring (bicyclic) bond motifs is 1. The van der Waals surface area contributed by atoms with Crippen LogP contribution in [0.25, 0.3) is 10.8 Å². The minimum Gasteiger partial charge on any atom is -0.430 e. The molecule has 0 aliphatic heterocycles. The van der Waals surface area contributed by atoms with E-state index in [4.69, 9.17) is 16.3 Å². The van der Waals surface area contributed by atoms with Crippen molar-refractivity contribution < 1.29 is 23.1 Å². The van der Waals surface area contributed by atoms with E-state index in [-0.39, 0.29) is 30.4 Å². The van der Waals surface area contributed by atoms with Gasteiger partial charge in [-0.1, -0.05) is 23.7 Å². The third-order valence-electron chi connectivity index (χ3n) is 4.41. The number of carbonyl (C=O) groups excluding carboxylic acids is 2. The molecule has 1 atom stereocenters. The zero-order valence-corrected chi connectivity index (χ0v) is 17.8. The summed E-state index contributed by atoms with van der Waals surface area (Å²) in [5.74, 6) is -1.33. The molecule has 7 nitrogen and oxygen atoms in total. The average Bonchev–Trinajstić information content (AvgIpc) is 2.74. The predicted molar refractivity (Wildman–Crippen MR) is 116 cm³/mol. The number of hydrogen-bond donors (Lipinski definition) is 2. The Morgan fingerprint density at radius 3 is 2.78 bits per heavy atom. The summed E-state index contributed by atoms with van der Waals surface area (Å²) in [4.78, 5) is 28.4. The van der Waals surface area contributed by atoms with Gasteiger partial charge >= 0.3 is 6.09 Å². The van der Waals surface area contributed by atoms with E-state index in [2.05, 4.69) is 20.9 Å². The van der Waals surface area contributed by atoms with Crippen LogP contribution in [0.2, 0.25) is 5.02 Å². The maximum atomic E-state index is 13.6. The van der Waals surface area contributed by atoms with Gasteiger partial charge in [-0.05, 0) is 48.2 Å². The summed E-state index contributed by atoms with van der Waals surface area (Å²) in [6.07, 6.45) is -0.698. The molecule has 2 N–H and O–H groups in total. The van der Waals surface area contributed by atoms with E-state index in [1.807, 2.05) is 0 Å². The van der Waals surface area contributed by atoms with Gasteiger partial charge in [0.1, 0.15) is 17.5 Å². The van der Waals surface area contributed by atoms with Gasteiger partial charge in [0.15, 0.2) is 6.23 Å². The lowest BCUT2D eigenvalue weighted by Crippen LogP contribution is -2.38. The standard InChI is InChI=1S/C22H20ClF2N4O3/c1-2-26-19(30)10-20(28-12-14-4-3-5-17(25)21(14)23)32-22(31)29-18-9-15-8-16(24)7-6-13(15)11-27-18/h3-9,11,20,28H,2,10,12H2,1H3,(H,27,29,31). The first-order valence-corrected chi connectivity index (χ1v) is 10.1. The van der Waals surface area contributed by atoms with E-state index in [0.29, 0.717) is 16.3 Å². The maximum Gasteiger partial charge on any atom is 0.414 e. The number of pyridine rings is 1. The number of ether oxygens (including phenoxy) is 1. The Kier molecular flexibility index (Phi) is 7.91. The molecule has 32 heavy (non-hydrogen) atoms. The average molecular weight is 462 g/mol. The molecule has 1 heterocycles. The van der Waals surface area contributed by atoms with Gasteiger partial charge in [0.2, 0.25) is 5.91 Å². The highest BCUT2D eigenvalue weighted by atomic mass is 35.5. The number of benzene rings is 2. The fourth-order valence-electron chi connectivity index (χ4n) is 2.91. The first-order valence-electron chi connectivity index (χ1n) is 9.75. The summed E-state index contributed by atoms with van der Waals surface area (Å²) in [5.41, 5.74) is 0.429. The van der Waals surface area contributed by atoms with Gasteiger partial charge in [-0.25, -0.2) is 18.6 Å². The van der Waals surface area contributed by atoms with Crippen molar-refractivity contribution in [1.29, 1.82) is 0 Å². The first kappa shape index (κ1) is 23.4. The molecule has 1 aromatic heterocycles. The Bertz CT molecular complexity index is 1130. The van der Waals surface area contributed by atoms with E-state index < -0.39 is 29.9 Å². The number of rotatable bonds is 8. The second kappa shape index (κ2) is 10.8. The van der Waals surface area contributed by atoms with Crippen molar-refractivity contribution in [2.75, 3.05) is 11.9 Å². The Balaban J connectivity index is 1.68. The van der Waals surface area contributed by atoms with Crippen LogP contribution in [0.3, 0.4) is 0 Å². The molecule has 0 spiro atoms. The van der Waals surface area contributed by atoms with Crippen molar-refractivity contribution in [3.63, 3.8) is 0 Å². The Morgan fingerprint density at radius 2 is 2.00 bits per heavy atom. The Hall–Kier alpha value is -3.30. The first-order chi connectivity index (χ1) is 15.4. The molecule has 1 radical (unpaired) electrons. The zero-order chi connectivity index (χ0) is 23.1. The number of carbonyl (C=O) groups is 2. The summed E-state index contributed by atoms with van der Waals surface area (Å²) in [5, 5.41) is 10.2. The fourth-order valence-corrected chi connectivity index (χ4v) is 3.10. The summed E-state index contributed by atoms with van der Waals surface area (Å²) >= 11 is 5.95. The molecule has 0 fully saturated rings. The normalized spacial score (nSPS) is 11.8. The molecular weight excluding hydrogens is 442 g/mol.